The van der Waals surface area contributed by atoms with E-state index in [-0.39, 0.29) is 5.91 Å². The van der Waals surface area contributed by atoms with Crippen molar-refractivity contribution in [2.45, 2.75) is 32.2 Å². The summed E-state index contributed by atoms with van der Waals surface area (Å²) in [7, 11) is 0. The Kier molecular flexibility index (Phi) is 5.70. The Labute approximate surface area is 130 Å². The summed E-state index contributed by atoms with van der Waals surface area (Å²) in [6, 6.07) is 5.40. The molecule has 110 valence electrons. The molecule has 5 heteroatoms. The molecule has 1 saturated heterocycles. The molecule has 1 aliphatic rings. The van der Waals surface area contributed by atoms with Crippen molar-refractivity contribution in [1.82, 2.24) is 10.2 Å². The summed E-state index contributed by atoms with van der Waals surface area (Å²) in [4.78, 5) is 14.4. The maximum absolute atomic E-state index is 12.6. The van der Waals surface area contributed by atoms with Crippen molar-refractivity contribution in [2.24, 2.45) is 0 Å². The van der Waals surface area contributed by atoms with Gasteiger partial charge in [-0.25, -0.2) is 0 Å². The van der Waals surface area contributed by atoms with E-state index in [4.69, 9.17) is 23.2 Å². The molecule has 1 atom stereocenters. The minimum Gasteiger partial charge on any atom is -0.337 e. The van der Waals surface area contributed by atoms with Crippen molar-refractivity contribution in [3.63, 3.8) is 0 Å². The molecule has 1 heterocycles. The number of halogens is 2. The van der Waals surface area contributed by atoms with E-state index in [1.54, 1.807) is 18.2 Å². The van der Waals surface area contributed by atoms with E-state index < -0.39 is 0 Å². The second kappa shape index (κ2) is 7.30. The molecule has 1 aromatic rings. The molecule has 3 nitrogen and oxygen atoms in total. The number of carbonyl (C=O) groups excluding carboxylic acids is 1. The molecule has 1 fully saturated rings. The summed E-state index contributed by atoms with van der Waals surface area (Å²) in [5, 5.41) is 4.43. The second-order valence-corrected chi connectivity index (χ2v) is 5.96. The number of carbonyl (C=O) groups is 1. The van der Waals surface area contributed by atoms with Crippen LogP contribution in [0.5, 0.6) is 0 Å². The van der Waals surface area contributed by atoms with Gasteiger partial charge in [0, 0.05) is 24.2 Å². The molecule has 1 aromatic carbocycles. The third kappa shape index (κ3) is 3.87. The molecule has 0 radical (unpaired) electrons. The molecule has 1 amide bonds. The van der Waals surface area contributed by atoms with Crippen LogP contribution in [0.15, 0.2) is 18.2 Å². The Bertz CT molecular complexity index is 473. The van der Waals surface area contributed by atoms with Gasteiger partial charge in [0.05, 0.1) is 10.6 Å². The van der Waals surface area contributed by atoms with Crippen molar-refractivity contribution in [3.8, 4) is 0 Å². The van der Waals surface area contributed by atoms with Crippen LogP contribution >= 0.6 is 23.2 Å². The van der Waals surface area contributed by atoms with Crippen LogP contribution in [0.3, 0.4) is 0 Å². The van der Waals surface area contributed by atoms with Gasteiger partial charge in [0.25, 0.3) is 5.91 Å². The Balaban J connectivity index is 2.07. The van der Waals surface area contributed by atoms with E-state index in [0.717, 1.165) is 19.5 Å². The zero-order chi connectivity index (χ0) is 14.5. The van der Waals surface area contributed by atoms with Gasteiger partial charge in [-0.2, -0.15) is 0 Å². The Morgan fingerprint density at radius 1 is 1.40 bits per heavy atom. The second-order valence-electron chi connectivity index (χ2n) is 5.11. The Hall–Kier alpha value is -0.770. The molecule has 1 aliphatic heterocycles. The van der Waals surface area contributed by atoms with E-state index in [1.165, 1.54) is 12.8 Å². The standard InChI is InChI=1S/C15H20Cl2N2O/c1-2-19(10-12-5-3-4-8-18-12)15(20)13-7-6-11(16)9-14(13)17/h6-7,9,12,18H,2-5,8,10H2,1H3. The summed E-state index contributed by atoms with van der Waals surface area (Å²) in [6.45, 7) is 4.44. The van der Waals surface area contributed by atoms with E-state index in [2.05, 4.69) is 5.32 Å². The minimum absolute atomic E-state index is 0.0264. The summed E-state index contributed by atoms with van der Waals surface area (Å²) in [5.74, 6) is -0.0264. The fourth-order valence-electron chi connectivity index (χ4n) is 2.53. The van der Waals surface area contributed by atoms with Gasteiger partial charge >= 0.3 is 0 Å². The normalized spacial score (nSPS) is 18.9. The quantitative estimate of drug-likeness (QED) is 0.921. The molecule has 0 aromatic heterocycles. The number of nitrogens with one attached hydrogen (secondary N) is 1. The fourth-order valence-corrected chi connectivity index (χ4v) is 3.02. The highest BCUT2D eigenvalue weighted by atomic mass is 35.5. The largest absolute Gasteiger partial charge is 0.337 e. The number of nitrogens with zero attached hydrogens (tertiary/aromatic N) is 1. The summed E-state index contributed by atoms with van der Waals surface area (Å²) in [5.41, 5.74) is 0.522. The van der Waals surface area contributed by atoms with Crippen LogP contribution in [-0.2, 0) is 0 Å². The molecule has 2 rings (SSSR count). The SMILES string of the molecule is CCN(CC1CCCCN1)C(=O)c1ccc(Cl)cc1Cl. The number of hydrogen-bond donors (Lipinski definition) is 1. The van der Waals surface area contributed by atoms with Crippen molar-refractivity contribution < 1.29 is 4.79 Å². The van der Waals surface area contributed by atoms with E-state index in [0.29, 0.717) is 28.2 Å². The lowest BCUT2D eigenvalue weighted by Crippen LogP contribution is -2.45. The summed E-state index contributed by atoms with van der Waals surface area (Å²) < 4.78 is 0. The highest BCUT2D eigenvalue weighted by Gasteiger charge is 2.21. The first-order chi connectivity index (χ1) is 9.61. The van der Waals surface area contributed by atoms with Crippen LogP contribution in [0.1, 0.15) is 36.5 Å². The van der Waals surface area contributed by atoms with Crippen molar-refractivity contribution in [2.75, 3.05) is 19.6 Å². The average molecular weight is 315 g/mol. The van der Waals surface area contributed by atoms with Crippen LogP contribution < -0.4 is 5.32 Å². The lowest BCUT2D eigenvalue weighted by atomic mass is 10.0. The number of rotatable bonds is 4. The predicted octanol–water partition coefficient (Wildman–Crippen LogP) is 3.60. The monoisotopic (exact) mass is 314 g/mol. The van der Waals surface area contributed by atoms with Gasteiger partial charge in [0.2, 0.25) is 0 Å². The van der Waals surface area contributed by atoms with Crippen molar-refractivity contribution in [3.05, 3.63) is 33.8 Å². The van der Waals surface area contributed by atoms with Gasteiger partial charge in [-0.1, -0.05) is 29.6 Å². The lowest BCUT2D eigenvalue weighted by Gasteiger charge is -2.30. The highest BCUT2D eigenvalue weighted by molar-refractivity contribution is 6.36. The number of amides is 1. The van der Waals surface area contributed by atoms with Crippen LogP contribution in [0.4, 0.5) is 0 Å². The van der Waals surface area contributed by atoms with Gasteiger partial charge in [-0.05, 0) is 44.5 Å². The zero-order valence-electron chi connectivity index (χ0n) is 11.7. The molecular formula is C15H20Cl2N2O. The summed E-state index contributed by atoms with van der Waals surface area (Å²) >= 11 is 12.0. The third-order valence-corrected chi connectivity index (χ3v) is 4.23. The Morgan fingerprint density at radius 2 is 2.20 bits per heavy atom. The molecule has 0 bridgehead atoms. The smallest absolute Gasteiger partial charge is 0.255 e. The van der Waals surface area contributed by atoms with Crippen LogP contribution in [0, 0.1) is 0 Å². The van der Waals surface area contributed by atoms with Gasteiger partial charge < -0.3 is 10.2 Å². The molecule has 0 spiro atoms. The first kappa shape index (κ1) is 15.6. The average Bonchev–Trinajstić information content (AvgIpc) is 2.45. The number of piperidine rings is 1. The Morgan fingerprint density at radius 3 is 2.80 bits per heavy atom. The van der Waals surface area contributed by atoms with Gasteiger partial charge in [0.1, 0.15) is 0 Å². The van der Waals surface area contributed by atoms with Crippen molar-refractivity contribution in [1.29, 1.82) is 0 Å². The molecule has 20 heavy (non-hydrogen) atoms. The fraction of sp³-hybridized carbons (Fsp3) is 0.533. The molecule has 0 saturated carbocycles. The van der Waals surface area contributed by atoms with Crippen LogP contribution in [0.25, 0.3) is 0 Å². The first-order valence-corrected chi connectivity index (χ1v) is 7.85. The van der Waals surface area contributed by atoms with Crippen LogP contribution in [0.2, 0.25) is 10.0 Å². The number of hydrogen-bond acceptors (Lipinski definition) is 2. The highest BCUT2D eigenvalue weighted by Crippen LogP contribution is 2.22. The van der Waals surface area contributed by atoms with Crippen molar-refractivity contribution >= 4 is 29.1 Å². The maximum Gasteiger partial charge on any atom is 0.255 e. The topological polar surface area (TPSA) is 32.3 Å². The first-order valence-electron chi connectivity index (χ1n) is 7.09. The van der Waals surface area contributed by atoms with Crippen LogP contribution in [-0.4, -0.2) is 36.5 Å². The lowest BCUT2D eigenvalue weighted by molar-refractivity contribution is 0.0741. The molecular weight excluding hydrogens is 295 g/mol. The molecule has 1 N–H and O–H groups in total. The zero-order valence-corrected chi connectivity index (χ0v) is 13.2. The number of benzene rings is 1. The van der Waals surface area contributed by atoms with E-state index >= 15 is 0 Å². The minimum atomic E-state index is -0.0264. The third-order valence-electron chi connectivity index (χ3n) is 3.68. The van der Waals surface area contributed by atoms with E-state index in [1.807, 2.05) is 11.8 Å². The number of likely N-dealkylation sites (N-methyl/N-ethyl adjacent to an activating group) is 1. The van der Waals surface area contributed by atoms with E-state index in [9.17, 15) is 4.79 Å². The predicted molar refractivity (Wildman–Crippen MR) is 83.7 cm³/mol. The van der Waals surface area contributed by atoms with Gasteiger partial charge in [-0.3, -0.25) is 4.79 Å². The molecule has 1 unspecified atom stereocenters. The molecule has 0 aliphatic carbocycles. The maximum atomic E-state index is 12.6. The summed E-state index contributed by atoms with van der Waals surface area (Å²) in [6.07, 6.45) is 3.57. The van der Waals surface area contributed by atoms with Gasteiger partial charge in [0.15, 0.2) is 0 Å². The van der Waals surface area contributed by atoms with Gasteiger partial charge in [-0.15, -0.1) is 0 Å².